The van der Waals surface area contributed by atoms with Gasteiger partial charge in [0.05, 0.1) is 11.7 Å². The van der Waals surface area contributed by atoms with Crippen LogP contribution in [0.1, 0.15) is 39.9 Å². The zero-order valence-corrected chi connectivity index (χ0v) is 14.9. The van der Waals surface area contributed by atoms with Crippen LogP contribution in [-0.4, -0.2) is 11.1 Å². The predicted molar refractivity (Wildman–Crippen MR) is 95.0 cm³/mol. The molecule has 0 aliphatic rings. The van der Waals surface area contributed by atoms with E-state index in [1.165, 1.54) is 12.1 Å². The summed E-state index contributed by atoms with van der Waals surface area (Å²) in [6.07, 6.45) is 0.916. The van der Waals surface area contributed by atoms with E-state index in [0.717, 1.165) is 27.5 Å². The van der Waals surface area contributed by atoms with Gasteiger partial charge in [-0.2, -0.15) is 0 Å². The fraction of sp³-hybridized carbons (Fsp3) is 0.263. The van der Waals surface area contributed by atoms with Crippen LogP contribution >= 0.6 is 11.3 Å². The van der Waals surface area contributed by atoms with Crippen molar-refractivity contribution < 1.29 is 13.7 Å². The number of carbonyl (C=O) groups excluding carboxylic acids is 1. The minimum absolute atomic E-state index is 0.0669. The van der Waals surface area contributed by atoms with E-state index >= 15 is 0 Å². The normalized spacial score (nSPS) is 12.1. The third kappa shape index (κ3) is 4.14. The Morgan fingerprint density at radius 3 is 2.64 bits per heavy atom. The van der Waals surface area contributed by atoms with Crippen molar-refractivity contribution in [3.63, 3.8) is 0 Å². The van der Waals surface area contributed by atoms with Gasteiger partial charge in [-0.1, -0.05) is 23.4 Å². The van der Waals surface area contributed by atoms with Crippen LogP contribution in [0.15, 0.2) is 46.3 Å². The number of aryl methyl sites for hydroxylation is 2. The van der Waals surface area contributed by atoms with Crippen molar-refractivity contribution in [2.75, 3.05) is 0 Å². The summed E-state index contributed by atoms with van der Waals surface area (Å²) >= 11 is 1.56. The van der Waals surface area contributed by atoms with E-state index in [9.17, 15) is 9.18 Å². The summed E-state index contributed by atoms with van der Waals surface area (Å²) in [6.45, 7) is 3.72. The summed E-state index contributed by atoms with van der Waals surface area (Å²) in [6, 6.07) is 9.85. The van der Waals surface area contributed by atoms with Crippen LogP contribution in [0.25, 0.3) is 0 Å². The predicted octanol–water partition coefficient (Wildman–Crippen LogP) is 4.33. The van der Waals surface area contributed by atoms with Crippen LogP contribution < -0.4 is 5.32 Å². The standard InChI is InChI=1S/C19H19FN2O2S/c1-12-16(13(2)24-22-12)9-10-18(23)21-19(17-4-3-11-25-17)14-5-7-15(20)8-6-14/h3-8,11,19H,9-10H2,1-2H3,(H,21,23)/t19-/m1/s1. The molecule has 0 unspecified atom stereocenters. The van der Waals surface area contributed by atoms with Crippen LogP contribution in [-0.2, 0) is 11.2 Å². The third-order valence-electron chi connectivity index (χ3n) is 4.12. The fourth-order valence-corrected chi connectivity index (χ4v) is 3.56. The molecule has 0 aliphatic carbocycles. The first-order valence-electron chi connectivity index (χ1n) is 8.04. The van der Waals surface area contributed by atoms with Crippen molar-refractivity contribution in [2.24, 2.45) is 0 Å². The van der Waals surface area contributed by atoms with Gasteiger partial charge < -0.3 is 9.84 Å². The van der Waals surface area contributed by atoms with Crippen molar-refractivity contribution in [3.05, 3.63) is 75.1 Å². The summed E-state index contributed by atoms with van der Waals surface area (Å²) in [7, 11) is 0. The lowest BCUT2D eigenvalue weighted by Gasteiger charge is -2.18. The zero-order chi connectivity index (χ0) is 17.8. The summed E-state index contributed by atoms with van der Waals surface area (Å²) < 4.78 is 18.3. The van der Waals surface area contributed by atoms with Gasteiger partial charge >= 0.3 is 0 Å². The largest absolute Gasteiger partial charge is 0.361 e. The number of halogens is 1. The van der Waals surface area contributed by atoms with E-state index in [0.29, 0.717) is 12.8 Å². The highest BCUT2D eigenvalue weighted by Gasteiger charge is 2.19. The molecule has 3 rings (SSSR count). The molecule has 25 heavy (non-hydrogen) atoms. The number of hydrogen-bond donors (Lipinski definition) is 1. The van der Waals surface area contributed by atoms with Crippen LogP contribution in [0.2, 0.25) is 0 Å². The minimum atomic E-state index is -0.293. The van der Waals surface area contributed by atoms with Gasteiger partial charge in [-0.15, -0.1) is 11.3 Å². The van der Waals surface area contributed by atoms with E-state index in [2.05, 4.69) is 10.5 Å². The molecule has 0 spiro atoms. The number of aromatic nitrogens is 1. The average Bonchev–Trinajstić information content (AvgIpc) is 3.23. The Hall–Kier alpha value is -2.47. The molecule has 1 N–H and O–H groups in total. The topological polar surface area (TPSA) is 55.1 Å². The molecule has 2 aromatic heterocycles. The first-order valence-corrected chi connectivity index (χ1v) is 8.92. The highest BCUT2D eigenvalue weighted by molar-refractivity contribution is 7.10. The summed E-state index contributed by atoms with van der Waals surface area (Å²) in [5.74, 6) is 0.389. The van der Waals surface area contributed by atoms with E-state index in [4.69, 9.17) is 4.52 Å². The number of carbonyl (C=O) groups is 1. The number of nitrogens with zero attached hydrogens (tertiary/aromatic N) is 1. The maximum absolute atomic E-state index is 13.2. The molecule has 4 nitrogen and oxygen atoms in total. The lowest BCUT2D eigenvalue weighted by molar-refractivity contribution is -0.121. The van der Waals surface area contributed by atoms with E-state index in [1.807, 2.05) is 31.4 Å². The molecule has 0 aliphatic heterocycles. The second-order valence-electron chi connectivity index (χ2n) is 5.87. The van der Waals surface area contributed by atoms with Gasteiger partial charge in [-0.05, 0) is 49.4 Å². The van der Waals surface area contributed by atoms with Crippen molar-refractivity contribution in [2.45, 2.75) is 32.7 Å². The monoisotopic (exact) mass is 358 g/mol. The van der Waals surface area contributed by atoms with Crippen LogP contribution in [0.5, 0.6) is 0 Å². The number of benzene rings is 1. The van der Waals surface area contributed by atoms with Gasteiger partial charge in [0.2, 0.25) is 5.91 Å². The highest BCUT2D eigenvalue weighted by Crippen LogP contribution is 2.26. The fourth-order valence-electron chi connectivity index (χ4n) is 2.76. The molecule has 1 amide bonds. The molecule has 0 saturated heterocycles. The van der Waals surface area contributed by atoms with Crippen LogP contribution in [0.4, 0.5) is 4.39 Å². The maximum atomic E-state index is 13.2. The second kappa shape index (κ2) is 7.61. The molecule has 0 saturated carbocycles. The molecule has 1 atom stereocenters. The van der Waals surface area contributed by atoms with E-state index < -0.39 is 0 Å². The van der Waals surface area contributed by atoms with Gasteiger partial charge in [0.15, 0.2) is 0 Å². The smallest absolute Gasteiger partial charge is 0.221 e. The van der Waals surface area contributed by atoms with Gasteiger partial charge in [0.1, 0.15) is 11.6 Å². The van der Waals surface area contributed by atoms with Crippen molar-refractivity contribution in [1.82, 2.24) is 10.5 Å². The lowest BCUT2D eigenvalue weighted by atomic mass is 10.0. The quantitative estimate of drug-likeness (QED) is 0.713. The van der Waals surface area contributed by atoms with Gasteiger partial charge in [0, 0.05) is 16.9 Å². The molecule has 0 radical (unpaired) electrons. The molecular weight excluding hydrogens is 339 g/mol. The molecule has 6 heteroatoms. The number of hydrogen-bond acceptors (Lipinski definition) is 4. The maximum Gasteiger partial charge on any atom is 0.221 e. The molecule has 1 aromatic carbocycles. The molecule has 130 valence electrons. The number of rotatable bonds is 6. The Balaban J connectivity index is 1.72. The van der Waals surface area contributed by atoms with Gasteiger partial charge in [-0.3, -0.25) is 4.79 Å². The number of nitrogens with one attached hydrogen (secondary N) is 1. The zero-order valence-electron chi connectivity index (χ0n) is 14.1. The van der Waals surface area contributed by atoms with E-state index in [1.54, 1.807) is 23.5 Å². The molecule has 0 bridgehead atoms. The average molecular weight is 358 g/mol. The Morgan fingerprint density at radius 1 is 1.28 bits per heavy atom. The number of thiophene rings is 1. The summed E-state index contributed by atoms with van der Waals surface area (Å²) in [5.41, 5.74) is 2.65. The first kappa shape index (κ1) is 17.4. The highest BCUT2D eigenvalue weighted by atomic mass is 32.1. The van der Waals surface area contributed by atoms with E-state index in [-0.39, 0.29) is 17.8 Å². The Kier molecular flexibility index (Phi) is 5.28. The van der Waals surface area contributed by atoms with Gasteiger partial charge in [-0.25, -0.2) is 4.39 Å². The minimum Gasteiger partial charge on any atom is -0.361 e. The van der Waals surface area contributed by atoms with Crippen molar-refractivity contribution in [3.8, 4) is 0 Å². The lowest BCUT2D eigenvalue weighted by Crippen LogP contribution is -2.29. The number of amides is 1. The van der Waals surface area contributed by atoms with Crippen molar-refractivity contribution in [1.29, 1.82) is 0 Å². The second-order valence-corrected chi connectivity index (χ2v) is 6.85. The SMILES string of the molecule is Cc1noc(C)c1CCC(=O)N[C@H](c1ccc(F)cc1)c1cccs1. The Bertz CT molecular complexity index is 821. The van der Waals surface area contributed by atoms with Crippen LogP contribution in [0.3, 0.4) is 0 Å². The summed E-state index contributed by atoms with van der Waals surface area (Å²) in [5, 5.41) is 8.93. The third-order valence-corrected chi connectivity index (χ3v) is 5.06. The summed E-state index contributed by atoms with van der Waals surface area (Å²) in [4.78, 5) is 13.5. The molecule has 3 aromatic rings. The Morgan fingerprint density at radius 2 is 2.04 bits per heavy atom. The molecule has 0 fully saturated rings. The molecule has 2 heterocycles. The van der Waals surface area contributed by atoms with Crippen LogP contribution in [0, 0.1) is 19.7 Å². The van der Waals surface area contributed by atoms with Crippen molar-refractivity contribution >= 4 is 17.2 Å². The first-order chi connectivity index (χ1) is 12.0. The molecular formula is C19H19FN2O2S. The Labute approximate surface area is 149 Å². The van der Waals surface area contributed by atoms with Gasteiger partial charge in [0.25, 0.3) is 0 Å².